The van der Waals surface area contributed by atoms with Gasteiger partial charge in [-0.2, -0.15) is 8.70 Å². The van der Waals surface area contributed by atoms with E-state index in [0.717, 1.165) is 7.05 Å². The van der Waals surface area contributed by atoms with E-state index in [4.69, 9.17) is 0 Å². The van der Waals surface area contributed by atoms with E-state index in [1.807, 2.05) is 0 Å². The number of hydrogen-bond acceptors (Lipinski definition) is 4. The Hall–Kier alpha value is -1.68. The fourth-order valence-electron chi connectivity index (χ4n) is 1.52. The van der Waals surface area contributed by atoms with Crippen molar-refractivity contribution >= 4 is 15.7 Å². The average molecular weight is 312 g/mol. The Labute approximate surface area is 113 Å². The summed E-state index contributed by atoms with van der Waals surface area (Å²) >= 11 is 0. The third-order valence-corrected chi connectivity index (χ3v) is 4.49. The average Bonchev–Trinajstić information content (AvgIpc) is 2.26. The van der Waals surface area contributed by atoms with Crippen LogP contribution >= 0.6 is 0 Å². The first kappa shape index (κ1) is 16.4. The largest absolute Gasteiger partial charge is 0.306 e. The summed E-state index contributed by atoms with van der Waals surface area (Å²) in [6.07, 6.45) is -2.90. The Morgan fingerprint density at radius 2 is 1.95 bits per heavy atom. The smallest absolute Gasteiger partial charge is 0.258 e. The number of hydrogen-bond donors (Lipinski definition) is 0. The SMILES string of the molecule is Cc1cc(F)c([N+](=O)[O-])cc1S(=O)(=O)N(C)CC(F)F. The second-order valence-electron chi connectivity index (χ2n) is 4.00. The van der Waals surface area contributed by atoms with Crippen LogP contribution < -0.4 is 0 Å². The molecule has 0 heterocycles. The number of benzene rings is 1. The molecule has 0 saturated carbocycles. The Morgan fingerprint density at radius 3 is 2.40 bits per heavy atom. The highest BCUT2D eigenvalue weighted by atomic mass is 32.2. The molecule has 0 radical (unpaired) electrons. The van der Waals surface area contributed by atoms with Crippen molar-refractivity contribution in [2.24, 2.45) is 0 Å². The van der Waals surface area contributed by atoms with E-state index >= 15 is 0 Å². The zero-order valence-corrected chi connectivity index (χ0v) is 11.3. The van der Waals surface area contributed by atoms with Crippen molar-refractivity contribution in [3.05, 3.63) is 33.6 Å². The summed E-state index contributed by atoms with van der Waals surface area (Å²) in [5.41, 5.74) is -1.13. The van der Waals surface area contributed by atoms with Crippen molar-refractivity contribution in [3.63, 3.8) is 0 Å². The van der Waals surface area contributed by atoms with E-state index in [-0.39, 0.29) is 5.56 Å². The van der Waals surface area contributed by atoms with Crippen LogP contribution in [0, 0.1) is 22.9 Å². The highest BCUT2D eigenvalue weighted by Gasteiger charge is 2.29. The topological polar surface area (TPSA) is 80.5 Å². The van der Waals surface area contributed by atoms with Crippen molar-refractivity contribution in [3.8, 4) is 0 Å². The Balaban J connectivity index is 3.38. The van der Waals surface area contributed by atoms with Crippen molar-refractivity contribution in [2.45, 2.75) is 18.2 Å². The van der Waals surface area contributed by atoms with Crippen LogP contribution in [0.25, 0.3) is 0 Å². The van der Waals surface area contributed by atoms with Gasteiger partial charge in [-0.15, -0.1) is 0 Å². The Bertz CT molecular complexity index is 634. The van der Waals surface area contributed by atoms with Gasteiger partial charge in [0, 0.05) is 13.1 Å². The van der Waals surface area contributed by atoms with Crippen LogP contribution in [0.3, 0.4) is 0 Å². The first-order valence-corrected chi connectivity index (χ1v) is 6.70. The molecule has 0 N–H and O–H groups in total. The van der Waals surface area contributed by atoms with E-state index in [1.54, 1.807) is 0 Å². The van der Waals surface area contributed by atoms with Crippen LogP contribution in [0.4, 0.5) is 18.9 Å². The van der Waals surface area contributed by atoms with Gasteiger partial charge >= 0.3 is 5.69 Å². The lowest BCUT2D eigenvalue weighted by atomic mass is 10.2. The highest BCUT2D eigenvalue weighted by molar-refractivity contribution is 7.89. The number of rotatable bonds is 5. The third-order valence-electron chi connectivity index (χ3n) is 2.52. The van der Waals surface area contributed by atoms with Crippen LogP contribution in [0.5, 0.6) is 0 Å². The van der Waals surface area contributed by atoms with Gasteiger partial charge in [-0.3, -0.25) is 10.1 Å². The summed E-state index contributed by atoms with van der Waals surface area (Å²) in [5, 5.41) is 10.6. The van der Waals surface area contributed by atoms with Crippen LogP contribution in [0.1, 0.15) is 5.56 Å². The fourth-order valence-corrected chi connectivity index (χ4v) is 2.89. The second kappa shape index (κ2) is 5.75. The highest BCUT2D eigenvalue weighted by Crippen LogP contribution is 2.27. The molecule has 0 amide bonds. The van der Waals surface area contributed by atoms with Gasteiger partial charge in [0.05, 0.1) is 16.4 Å². The number of aryl methyl sites for hydroxylation is 1. The molecule has 0 aromatic heterocycles. The molecular weight excluding hydrogens is 301 g/mol. The number of sulfonamides is 1. The van der Waals surface area contributed by atoms with E-state index < -0.39 is 44.3 Å². The predicted octanol–water partition coefficient (Wildman–Crippen LogP) is 1.93. The molecule has 0 aliphatic rings. The van der Waals surface area contributed by atoms with Crippen LogP contribution in [0.2, 0.25) is 0 Å². The predicted molar refractivity (Wildman–Crippen MR) is 63.6 cm³/mol. The second-order valence-corrected chi connectivity index (χ2v) is 6.02. The van der Waals surface area contributed by atoms with Crippen molar-refractivity contribution in [1.82, 2.24) is 4.31 Å². The minimum atomic E-state index is -4.36. The zero-order chi connectivity index (χ0) is 15.7. The van der Waals surface area contributed by atoms with Crippen LogP contribution in [-0.4, -0.2) is 37.7 Å². The Kier molecular flexibility index (Phi) is 4.71. The molecule has 0 aliphatic heterocycles. The normalized spacial score (nSPS) is 12.2. The molecule has 1 aromatic carbocycles. The quantitative estimate of drug-likeness (QED) is 0.614. The first-order chi connectivity index (χ1) is 9.07. The number of nitro benzene ring substituents is 1. The van der Waals surface area contributed by atoms with E-state index in [9.17, 15) is 31.7 Å². The summed E-state index contributed by atoms with van der Waals surface area (Å²) in [5.74, 6) is -1.19. The van der Waals surface area contributed by atoms with Crippen molar-refractivity contribution in [2.75, 3.05) is 13.6 Å². The maximum absolute atomic E-state index is 13.3. The van der Waals surface area contributed by atoms with Gasteiger partial charge < -0.3 is 0 Å². The lowest BCUT2D eigenvalue weighted by Gasteiger charge is -2.17. The molecule has 0 atom stereocenters. The molecule has 1 aromatic rings. The van der Waals surface area contributed by atoms with E-state index in [2.05, 4.69) is 0 Å². The zero-order valence-electron chi connectivity index (χ0n) is 10.5. The van der Waals surface area contributed by atoms with Gasteiger partial charge in [0.2, 0.25) is 15.8 Å². The molecule has 0 spiro atoms. The molecule has 0 unspecified atom stereocenters. The van der Waals surface area contributed by atoms with E-state index in [0.29, 0.717) is 16.4 Å². The molecule has 0 fully saturated rings. The summed E-state index contributed by atoms with van der Waals surface area (Å²) in [6, 6.07) is 1.21. The van der Waals surface area contributed by atoms with Gasteiger partial charge in [0.25, 0.3) is 6.43 Å². The third kappa shape index (κ3) is 3.25. The van der Waals surface area contributed by atoms with Gasteiger partial charge in [0.15, 0.2) is 0 Å². The fraction of sp³-hybridized carbons (Fsp3) is 0.400. The first-order valence-electron chi connectivity index (χ1n) is 5.26. The summed E-state index contributed by atoms with van der Waals surface area (Å²) in [7, 11) is -3.44. The summed E-state index contributed by atoms with van der Waals surface area (Å²) in [6.45, 7) is 0.156. The molecule has 6 nitrogen and oxygen atoms in total. The molecule has 1 rings (SSSR count). The number of nitro groups is 1. The molecule has 10 heteroatoms. The number of alkyl halides is 2. The molecular formula is C10H11F3N2O4S. The van der Waals surface area contributed by atoms with Gasteiger partial charge in [-0.25, -0.2) is 17.2 Å². The molecule has 20 heavy (non-hydrogen) atoms. The van der Waals surface area contributed by atoms with Crippen LogP contribution in [0.15, 0.2) is 17.0 Å². The van der Waals surface area contributed by atoms with Crippen molar-refractivity contribution in [1.29, 1.82) is 0 Å². The number of nitrogens with zero attached hydrogens (tertiary/aromatic N) is 2. The summed E-state index contributed by atoms with van der Waals surface area (Å²) < 4.78 is 62.2. The van der Waals surface area contributed by atoms with Gasteiger partial charge in [-0.05, 0) is 18.6 Å². The maximum atomic E-state index is 13.3. The molecule has 0 saturated heterocycles. The lowest BCUT2D eigenvalue weighted by Crippen LogP contribution is -2.31. The molecule has 0 bridgehead atoms. The van der Waals surface area contributed by atoms with Crippen molar-refractivity contribution < 1.29 is 26.5 Å². The van der Waals surface area contributed by atoms with Gasteiger partial charge in [-0.1, -0.05) is 0 Å². The molecule has 0 aliphatic carbocycles. The monoisotopic (exact) mass is 312 g/mol. The minimum Gasteiger partial charge on any atom is -0.258 e. The van der Waals surface area contributed by atoms with Gasteiger partial charge in [0.1, 0.15) is 0 Å². The number of halogens is 3. The minimum absolute atomic E-state index is 0.103. The summed E-state index contributed by atoms with van der Waals surface area (Å²) in [4.78, 5) is 8.94. The Morgan fingerprint density at radius 1 is 1.40 bits per heavy atom. The standard InChI is InChI=1S/C10H11F3N2O4S/c1-6-3-7(11)8(15(16)17)4-9(6)20(18,19)14(2)5-10(12)13/h3-4,10H,5H2,1-2H3. The van der Waals surface area contributed by atoms with E-state index in [1.165, 1.54) is 6.92 Å². The molecule has 112 valence electrons. The maximum Gasteiger partial charge on any atom is 0.306 e. The van der Waals surface area contributed by atoms with Crippen LogP contribution in [-0.2, 0) is 10.0 Å². The lowest BCUT2D eigenvalue weighted by molar-refractivity contribution is -0.387.